The summed E-state index contributed by atoms with van der Waals surface area (Å²) in [7, 11) is 0. The van der Waals surface area contributed by atoms with Crippen LogP contribution in [0.2, 0.25) is 0 Å². The Morgan fingerprint density at radius 2 is 1.90 bits per heavy atom. The number of ether oxygens (including phenoxy) is 2. The van der Waals surface area contributed by atoms with Crippen LogP contribution < -0.4 is 4.74 Å². The van der Waals surface area contributed by atoms with E-state index in [4.69, 9.17) is 9.47 Å². The second kappa shape index (κ2) is 9.17. The van der Waals surface area contributed by atoms with Crippen LogP contribution in [0.4, 0.5) is 0 Å². The molecule has 3 rings (SSSR count). The van der Waals surface area contributed by atoms with Gasteiger partial charge in [-0.3, -0.25) is 19.7 Å². The highest BCUT2D eigenvalue weighted by molar-refractivity contribution is 9.10. The quantitative estimate of drug-likeness (QED) is 0.265. The van der Waals surface area contributed by atoms with E-state index in [0.29, 0.717) is 16.9 Å². The number of carbonyl (C=O) groups is 2. The number of hydrogen-bond acceptors (Lipinski definition) is 6. The van der Waals surface area contributed by atoms with Crippen LogP contribution in [0, 0.1) is 10.1 Å². The molecule has 0 aromatic heterocycles. The van der Waals surface area contributed by atoms with Crippen LogP contribution in [-0.4, -0.2) is 35.4 Å². The topological polar surface area (TPSA) is 95.7 Å². The molecule has 0 spiro atoms. The number of fused-ring (bicyclic) bond motifs is 1. The molecule has 152 valence electrons. The minimum Gasteiger partial charge on any atom is -0.482 e. The van der Waals surface area contributed by atoms with E-state index in [1.807, 2.05) is 0 Å². The van der Waals surface area contributed by atoms with Crippen LogP contribution in [0.25, 0.3) is 0 Å². The van der Waals surface area contributed by atoms with Gasteiger partial charge in [0.1, 0.15) is 5.75 Å². The highest BCUT2D eigenvalue weighted by Gasteiger charge is 2.48. The molecule has 2 aromatic rings. The molecule has 1 aliphatic heterocycles. The van der Waals surface area contributed by atoms with Crippen molar-refractivity contribution < 1.29 is 24.0 Å². The van der Waals surface area contributed by atoms with Crippen molar-refractivity contribution in [2.24, 2.45) is 0 Å². The van der Waals surface area contributed by atoms with Crippen LogP contribution in [0.5, 0.6) is 5.75 Å². The summed E-state index contributed by atoms with van der Waals surface area (Å²) in [6.45, 7) is 1.84. The van der Waals surface area contributed by atoms with Gasteiger partial charge in [-0.1, -0.05) is 46.3 Å². The number of Topliss-reactive ketones (excluding diaryl/α,β-unsaturated/α-hetero) is 1. The molecule has 0 aliphatic carbocycles. The van der Waals surface area contributed by atoms with Gasteiger partial charge in [-0.25, -0.2) is 0 Å². The van der Waals surface area contributed by atoms with Crippen molar-refractivity contribution in [2.75, 3.05) is 6.61 Å². The summed E-state index contributed by atoms with van der Waals surface area (Å²) in [5, 5.41) is 12.0. The molecule has 8 heteroatoms. The molecule has 0 radical (unpaired) electrons. The fourth-order valence-corrected chi connectivity index (χ4v) is 3.97. The molecule has 7 nitrogen and oxygen atoms in total. The summed E-state index contributed by atoms with van der Waals surface area (Å²) in [5.41, 5.74) is 1.06. The minimum atomic E-state index is -1.26. The maximum Gasteiger partial charge on any atom is 0.309 e. The van der Waals surface area contributed by atoms with Gasteiger partial charge in [0.25, 0.3) is 6.04 Å². The summed E-state index contributed by atoms with van der Waals surface area (Å²) in [4.78, 5) is 36.4. The van der Waals surface area contributed by atoms with E-state index in [2.05, 4.69) is 15.9 Å². The Bertz CT molecular complexity index is 917. The molecular formula is C21H20BrNO6. The number of ketones is 1. The zero-order valence-electron chi connectivity index (χ0n) is 15.7. The lowest BCUT2D eigenvalue weighted by atomic mass is 9.80. The van der Waals surface area contributed by atoms with Gasteiger partial charge in [0.05, 0.1) is 18.9 Å². The predicted octanol–water partition coefficient (Wildman–Crippen LogP) is 4.17. The van der Waals surface area contributed by atoms with Crippen molar-refractivity contribution in [3.05, 3.63) is 74.2 Å². The third-order valence-electron chi connectivity index (χ3n) is 4.86. The number of esters is 1. The van der Waals surface area contributed by atoms with E-state index in [-0.39, 0.29) is 25.2 Å². The number of carbonyl (C=O) groups excluding carboxylic acids is 2. The molecule has 1 aliphatic rings. The van der Waals surface area contributed by atoms with Gasteiger partial charge in [0, 0.05) is 26.9 Å². The van der Waals surface area contributed by atoms with Crippen LogP contribution in [0.15, 0.2) is 53.0 Å². The van der Waals surface area contributed by atoms with Gasteiger partial charge in [-0.05, 0) is 25.1 Å². The average molecular weight is 462 g/mol. The summed E-state index contributed by atoms with van der Waals surface area (Å²) in [6, 6.07) is 12.6. The van der Waals surface area contributed by atoms with Crippen LogP contribution in [-0.2, 0) is 9.53 Å². The van der Waals surface area contributed by atoms with Crippen molar-refractivity contribution in [3.8, 4) is 5.75 Å². The van der Waals surface area contributed by atoms with Crippen molar-refractivity contribution in [2.45, 2.75) is 37.8 Å². The molecule has 29 heavy (non-hydrogen) atoms. The SMILES string of the molecule is CCOC(=O)C[C@@H]1Oc2ccc(Br)cc2[C@@H](CC(=O)c2ccccc2)[C@@H]1[N+](=O)[O-]. The van der Waals surface area contributed by atoms with Gasteiger partial charge in [0.15, 0.2) is 11.9 Å². The standard InChI is InChI=1S/C21H20BrNO6/c1-2-28-20(25)12-19-21(23(26)27)16(11-17(24)13-6-4-3-5-7-13)15-10-14(22)8-9-18(15)29-19/h3-10,16,19,21H,2,11-12H2,1H3/t16-,19+,21+/m1/s1. The molecule has 3 atom stereocenters. The third kappa shape index (κ3) is 4.82. The van der Waals surface area contributed by atoms with E-state index in [1.165, 1.54) is 0 Å². The zero-order chi connectivity index (χ0) is 21.0. The first kappa shape index (κ1) is 21.0. The van der Waals surface area contributed by atoms with Crippen molar-refractivity contribution in [3.63, 3.8) is 0 Å². The Labute approximate surface area is 176 Å². The third-order valence-corrected chi connectivity index (χ3v) is 5.35. The van der Waals surface area contributed by atoms with Crippen molar-refractivity contribution in [1.82, 2.24) is 0 Å². The molecule has 0 amide bonds. The minimum absolute atomic E-state index is 0.0677. The fourth-order valence-electron chi connectivity index (χ4n) is 3.59. The molecule has 0 fully saturated rings. The van der Waals surface area contributed by atoms with Gasteiger partial charge < -0.3 is 9.47 Å². The van der Waals surface area contributed by atoms with E-state index >= 15 is 0 Å². The summed E-state index contributed by atoms with van der Waals surface area (Å²) >= 11 is 3.38. The zero-order valence-corrected chi connectivity index (χ0v) is 17.3. The second-order valence-corrected chi connectivity index (χ2v) is 7.64. The molecule has 0 saturated heterocycles. The lowest BCUT2D eigenvalue weighted by Crippen LogP contribution is -2.47. The predicted molar refractivity (Wildman–Crippen MR) is 109 cm³/mol. The largest absolute Gasteiger partial charge is 0.482 e. The first-order valence-electron chi connectivity index (χ1n) is 9.24. The number of nitrogens with zero attached hydrogens (tertiary/aromatic N) is 1. The smallest absolute Gasteiger partial charge is 0.309 e. The molecule has 0 N–H and O–H groups in total. The summed E-state index contributed by atoms with van der Waals surface area (Å²) in [6.07, 6.45) is -1.35. The fraction of sp³-hybridized carbons (Fsp3) is 0.333. The second-order valence-electron chi connectivity index (χ2n) is 6.72. The first-order chi connectivity index (χ1) is 13.9. The normalized spacial score (nSPS) is 20.3. The number of hydrogen-bond donors (Lipinski definition) is 0. The van der Waals surface area contributed by atoms with Crippen molar-refractivity contribution >= 4 is 27.7 Å². The lowest BCUT2D eigenvalue weighted by molar-refractivity contribution is -0.538. The van der Waals surface area contributed by atoms with Gasteiger partial charge in [-0.2, -0.15) is 0 Å². The highest BCUT2D eigenvalue weighted by atomic mass is 79.9. The van der Waals surface area contributed by atoms with E-state index < -0.39 is 29.0 Å². The van der Waals surface area contributed by atoms with E-state index in [1.54, 1.807) is 55.5 Å². The molecule has 2 aromatic carbocycles. The summed E-state index contributed by atoms with van der Waals surface area (Å²) < 4.78 is 11.5. The van der Waals surface area contributed by atoms with E-state index in [9.17, 15) is 19.7 Å². The monoisotopic (exact) mass is 461 g/mol. The van der Waals surface area contributed by atoms with Gasteiger partial charge in [0.2, 0.25) is 0 Å². The Hall–Kier alpha value is -2.74. The Kier molecular flexibility index (Phi) is 6.64. The maximum absolute atomic E-state index is 12.8. The average Bonchev–Trinajstić information content (AvgIpc) is 2.69. The number of nitro groups is 1. The molecular weight excluding hydrogens is 442 g/mol. The number of rotatable bonds is 7. The van der Waals surface area contributed by atoms with Crippen LogP contribution in [0.1, 0.15) is 41.6 Å². The molecule has 0 bridgehead atoms. The van der Waals surface area contributed by atoms with Gasteiger partial charge >= 0.3 is 5.97 Å². The van der Waals surface area contributed by atoms with E-state index in [0.717, 1.165) is 4.47 Å². The highest BCUT2D eigenvalue weighted by Crippen LogP contribution is 2.42. The first-order valence-corrected chi connectivity index (χ1v) is 10.0. The Morgan fingerprint density at radius 3 is 2.55 bits per heavy atom. The Balaban J connectivity index is 1.98. The number of benzene rings is 2. The van der Waals surface area contributed by atoms with Gasteiger partial charge in [-0.15, -0.1) is 0 Å². The maximum atomic E-state index is 12.8. The molecule has 0 saturated carbocycles. The lowest BCUT2D eigenvalue weighted by Gasteiger charge is -2.34. The Morgan fingerprint density at radius 1 is 1.17 bits per heavy atom. The van der Waals surface area contributed by atoms with Crippen molar-refractivity contribution in [1.29, 1.82) is 0 Å². The van der Waals surface area contributed by atoms with Crippen LogP contribution >= 0.6 is 15.9 Å². The van der Waals surface area contributed by atoms with Crippen LogP contribution in [0.3, 0.4) is 0 Å². The summed E-state index contributed by atoms with van der Waals surface area (Å²) in [5.74, 6) is -1.08. The molecule has 1 heterocycles. The molecule has 0 unspecified atom stereocenters. The number of halogens is 1.